The first-order valence-electron chi connectivity index (χ1n) is 10.3. The second-order valence-electron chi connectivity index (χ2n) is 7.95. The van der Waals surface area contributed by atoms with Gasteiger partial charge in [0.15, 0.2) is 0 Å². The SMILES string of the molecule is CN(C)c1ccc(NC(=O)Nc2cc(-c3c(Br)cnn3C)cc(N3CCCC3)c2)cc1. The highest BCUT2D eigenvalue weighted by atomic mass is 79.9. The fourth-order valence-corrected chi connectivity index (χ4v) is 4.43. The van der Waals surface area contributed by atoms with E-state index in [-0.39, 0.29) is 6.03 Å². The summed E-state index contributed by atoms with van der Waals surface area (Å²) in [6, 6.07) is 13.6. The molecule has 0 unspecified atom stereocenters. The molecule has 1 aliphatic heterocycles. The van der Waals surface area contributed by atoms with Crippen molar-refractivity contribution in [2.45, 2.75) is 12.8 Å². The molecule has 2 aromatic carbocycles. The highest BCUT2D eigenvalue weighted by molar-refractivity contribution is 9.10. The van der Waals surface area contributed by atoms with Crippen molar-refractivity contribution in [3.8, 4) is 11.3 Å². The highest BCUT2D eigenvalue weighted by Gasteiger charge is 2.17. The molecule has 0 radical (unpaired) electrons. The maximum atomic E-state index is 12.7. The van der Waals surface area contributed by atoms with E-state index in [0.29, 0.717) is 0 Å². The van der Waals surface area contributed by atoms with Gasteiger partial charge in [-0.3, -0.25) is 4.68 Å². The molecule has 1 fully saturated rings. The van der Waals surface area contributed by atoms with Crippen LogP contribution in [0.4, 0.5) is 27.5 Å². The van der Waals surface area contributed by atoms with E-state index in [1.54, 1.807) is 6.20 Å². The molecule has 4 rings (SSSR count). The van der Waals surface area contributed by atoms with Gasteiger partial charge in [-0.1, -0.05) is 0 Å². The van der Waals surface area contributed by atoms with Crippen molar-refractivity contribution in [3.63, 3.8) is 0 Å². The van der Waals surface area contributed by atoms with E-state index in [1.165, 1.54) is 12.8 Å². The van der Waals surface area contributed by atoms with Crippen molar-refractivity contribution in [1.29, 1.82) is 0 Å². The summed E-state index contributed by atoms with van der Waals surface area (Å²) in [5, 5.41) is 10.3. The van der Waals surface area contributed by atoms with E-state index >= 15 is 0 Å². The number of amides is 2. The number of carbonyl (C=O) groups is 1. The third-order valence-electron chi connectivity index (χ3n) is 5.46. The van der Waals surface area contributed by atoms with Crippen LogP contribution in [-0.2, 0) is 7.05 Å². The smallest absolute Gasteiger partial charge is 0.323 e. The number of carbonyl (C=O) groups excluding carboxylic acids is 1. The van der Waals surface area contributed by atoms with E-state index < -0.39 is 0 Å². The van der Waals surface area contributed by atoms with Crippen LogP contribution in [0.5, 0.6) is 0 Å². The van der Waals surface area contributed by atoms with E-state index in [0.717, 1.165) is 51.6 Å². The van der Waals surface area contributed by atoms with Crippen LogP contribution in [0.2, 0.25) is 0 Å². The maximum absolute atomic E-state index is 12.7. The van der Waals surface area contributed by atoms with Gasteiger partial charge >= 0.3 is 6.03 Å². The van der Waals surface area contributed by atoms with Gasteiger partial charge in [-0.25, -0.2) is 4.79 Å². The van der Waals surface area contributed by atoms with Gasteiger partial charge in [0.05, 0.1) is 16.4 Å². The van der Waals surface area contributed by atoms with Gasteiger partial charge in [0, 0.05) is 62.5 Å². The number of benzene rings is 2. The third kappa shape index (κ3) is 4.85. The summed E-state index contributed by atoms with van der Waals surface area (Å²) in [6.45, 7) is 2.06. The minimum absolute atomic E-state index is 0.272. The molecule has 7 nitrogen and oxygen atoms in total. The number of nitrogens with zero attached hydrogens (tertiary/aromatic N) is 4. The van der Waals surface area contributed by atoms with Crippen molar-refractivity contribution in [2.24, 2.45) is 7.05 Å². The molecule has 31 heavy (non-hydrogen) atoms. The fourth-order valence-electron chi connectivity index (χ4n) is 3.85. The Morgan fingerprint density at radius 2 is 1.71 bits per heavy atom. The topological polar surface area (TPSA) is 65.4 Å². The number of hydrogen-bond donors (Lipinski definition) is 2. The van der Waals surface area contributed by atoms with Crippen LogP contribution >= 0.6 is 15.9 Å². The maximum Gasteiger partial charge on any atom is 0.323 e. The summed E-state index contributed by atoms with van der Waals surface area (Å²) >= 11 is 3.60. The van der Waals surface area contributed by atoms with Gasteiger partial charge in [-0.2, -0.15) is 5.10 Å². The van der Waals surface area contributed by atoms with Crippen molar-refractivity contribution >= 4 is 44.7 Å². The van der Waals surface area contributed by atoms with Crippen molar-refractivity contribution < 1.29 is 4.79 Å². The van der Waals surface area contributed by atoms with Gasteiger partial charge in [0.1, 0.15) is 0 Å². The summed E-state index contributed by atoms with van der Waals surface area (Å²) in [6.07, 6.45) is 4.16. The molecule has 0 atom stereocenters. The Balaban J connectivity index is 1.58. The first-order chi connectivity index (χ1) is 14.9. The summed E-state index contributed by atoms with van der Waals surface area (Å²) in [5.41, 5.74) is 5.65. The van der Waals surface area contributed by atoms with Crippen LogP contribution in [0.3, 0.4) is 0 Å². The van der Waals surface area contributed by atoms with Crippen molar-refractivity contribution in [2.75, 3.05) is 47.6 Å². The Morgan fingerprint density at radius 1 is 1.03 bits per heavy atom. The second-order valence-corrected chi connectivity index (χ2v) is 8.80. The number of urea groups is 1. The Hall–Kier alpha value is -3.00. The third-order valence-corrected chi connectivity index (χ3v) is 6.04. The van der Waals surface area contributed by atoms with Gasteiger partial charge < -0.3 is 20.4 Å². The minimum atomic E-state index is -0.272. The molecule has 0 saturated carbocycles. The zero-order valence-corrected chi connectivity index (χ0v) is 19.6. The molecule has 3 aromatic rings. The summed E-state index contributed by atoms with van der Waals surface area (Å²) in [4.78, 5) is 17.1. The van der Waals surface area contributed by atoms with Crippen LogP contribution in [0.25, 0.3) is 11.3 Å². The lowest BCUT2D eigenvalue weighted by atomic mass is 10.1. The molecule has 1 aliphatic rings. The molecule has 0 bridgehead atoms. The van der Waals surface area contributed by atoms with E-state index in [1.807, 2.05) is 67.1 Å². The quantitative estimate of drug-likeness (QED) is 0.526. The number of halogens is 1. The van der Waals surface area contributed by atoms with Gasteiger partial charge in [0.2, 0.25) is 0 Å². The zero-order valence-electron chi connectivity index (χ0n) is 18.0. The molecule has 8 heteroatoms. The average molecular weight is 483 g/mol. The Labute approximate surface area is 191 Å². The monoisotopic (exact) mass is 482 g/mol. The summed E-state index contributed by atoms with van der Waals surface area (Å²) in [7, 11) is 5.89. The lowest BCUT2D eigenvalue weighted by molar-refractivity contribution is 0.262. The molecule has 2 amide bonds. The number of rotatable bonds is 5. The van der Waals surface area contributed by atoms with Crippen LogP contribution < -0.4 is 20.4 Å². The molecular weight excluding hydrogens is 456 g/mol. The lowest BCUT2D eigenvalue weighted by Crippen LogP contribution is -2.21. The van der Waals surface area contributed by atoms with Crippen molar-refractivity contribution in [1.82, 2.24) is 9.78 Å². The lowest BCUT2D eigenvalue weighted by Gasteiger charge is -2.20. The predicted octanol–water partition coefficient (Wildman–Crippen LogP) is 5.16. The van der Waals surface area contributed by atoms with Crippen molar-refractivity contribution in [3.05, 3.63) is 53.1 Å². The molecule has 1 aromatic heterocycles. The zero-order chi connectivity index (χ0) is 22.0. The molecule has 0 spiro atoms. The summed E-state index contributed by atoms with van der Waals surface area (Å²) < 4.78 is 2.76. The highest BCUT2D eigenvalue weighted by Crippen LogP contribution is 2.34. The largest absolute Gasteiger partial charge is 0.378 e. The van der Waals surface area contributed by atoms with Gasteiger partial charge in [-0.15, -0.1) is 0 Å². The van der Waals surface area contributed by atoms with Crippen LogP contribution in [0.15, 0.2) is 53.1 Å². The average Bonchev–Trinajstić information content (AvgIpc) is 3.38. The van der Waals surface area contributed by atoms with Crippen LogP contribution in [0.1, 0.15) is 12.8 Å². The van der Waals surface area contributed by atoms with E-state index in [2.05, 4.69) is 42.6 Å². The first kappa shape index (κ1) is 21.2. The van der Waals surface area contributed by atoms with Crippen LogP contribution in [-0.4, -0.2) is 43.0 Å². The minimum Gasteiger partial charge on any atom is -0.378 e. The second kappa shape index (κ2) is 9.01. The molecule has 0 aliphatic carbocycles. The van der Waals surface area contributed by atoms with Crippen LogP contribution in [0, 0.1) is 0 Å². The standard InChI is InChI=1S/C23H27BrN6O/c1-28(2)19-8-6-17(7-9-19)26-23(31)27-18-12-16(22-21(24)15-25-29(22)3)13-20(14-18)30-10-4-5-11-30/h6-9,12-15H,4-5,10-11H2,1-3H3,(H2,26,27,31). The number of aromatic nitrogens is 2. The molecule has 1 saturated heterocycles. The summed E-state index contributed by atoms with van der Waals surface area (Å²) in [5.74, 6) is 0. The fraction of sp³-hybridized carbons (Fsp3) is 0.304. The number of anilines is 4. The number of nitrogens with one attached hydrogen (secondary N) is 2. The molecular formula is C23H27BrN6O. The molecule has 2 heterocycles. The number of aryl methyl sites for hydroxylation is 1. The Kier molecular flexibility index (Phi) is 6.18. The Morgan fingerprint density at radius 3 is 2.32 bits per heavy atom. The normalized spacial score (nSPS) is 13.4. The predicted molar refractivity (Wildman–Crippen MR) is 131 cm³/mol. The van der Waals surface area contributed by atoms with E-state index in [9.17, 15) is 4.79 Å². The van der Waals surface area contributed by atoms with Gasteiger partial charge in [0.25, 0.3) is 0 Å². The Bertz CT molecular complexity index is 1050. The van der Waals surface area contributed by atoms with E-state index in [4.69, 9.17) is 0 Å². The molecule has 2 N–H and O–H groups in total. The first-order valence-corrected chi connectivity index (χ1v) is 11.1. The molecule has 162 valence electrons. The number of hydrogen-bond acceptors (Lipinski definition) is 4. The van der Waals surface area contributed by atoms with Gasteiger partial charge in [-0.05, 0) is 71.2 Å².